The van der Waals surface area contributed by atoms with E-state index in [-0.39, 0.29) is 21.8 Å². The summed E-state index contributed by atoms with van der Waals surface area (Å²) < 4.78 is 27.9. The number of methoxy groups -OCH3 is 1. The second-order valence-corrected chi connectivity index (χ2v) is 7.00. The van der Waals surface area contributed by atoms with Crippen LogP contribution in [0.4, 0.5) is 0 Å². The first kappa shape index (κ1) is 15.8. The Labute approximate surface area is 124 Å². The molecule has 0 aliphatic heterocycles. The van der Waals surface area contributed by atoms with E-state index in [1.54, 1.807) is 0 Å². The highest BCUT2D eigenvalue weighted by Gasteiger charge is 2.40. The maximum atomic E-state index is 12.3. The molecule has 1 aliphatic rings. The molecule has 3 N–H and O–H groups in total. The monoisotopic (exact) mass is 312 g/mol. The minimum atomic E-state index is -3.86. The number of sulfonamides is 1. The van der Waals surface area contributed by atoms with Crippen molar-refractivity contribution in [1.82, 2.24) is 5.32 Å². The van der Waals surface area contributed by atoms with Crippen LogP contribution in [0.2, 0.25) is 0 Å². The van der Waals surface area contributed by atoms with Gasteiger partial charge in [-0.15, -0.1) is 0 Å². The van der Waals surface area contributed by atoms with E-state index in [4.69, 9.17) is 9.88 Å². The van der Waals surface area contributed by atoms with Crippen LogP contribution >= 0.6 is 0 Å². The molecule has 21 heavy (non-hydrogen) atoms. The van der Waals surface area contributed by atoms with Gasteiger partial charge in [0.2, 0.25) is 10.0 Å². The number of hydrogen-bond acceptors (Lipinski definition) is 4. The lowest BCUT2D eigenvalue weighted by atomic mass is 10.0. The third kappa shape index (κ3) is 3.54. The topological polar surface area (TPSA) is 98.5 Å². The fourth-order valence-corrected chi connectivity index (χ4v) is 2.78. The maximum Gasteiger partial charge on any atom is 0.255 e. The summed E-state index contributed by atoms with van der Waals surface area (Å²) in [6.07, 6.45) is 3.23. The van der Waals surface area contributed by atoms with Gasteiger partial charge < -0.3 is 10.1 Å². The van der Waals surface area contributed by atoms with E-state index in [9.17, 15) is 13.2 Å². The molecule has 0 aromatic heterocycles. The molecule has 0 radical (unpaired) electrons. The lowest BCUT2D eigenvalue weighted by molar-refractivity contribution is 0.0941. The molecule has 1 aromatic carbocycles. The Morgan fingerprint density at radius 2 is 2.10 bits per heavy atom. The summed E-state index contributed by atoms with van der Waals surface area (Å²) >= 11 is 0. The first-order chi connectivity index (χ1) is 9.81. The van der Waals surface area contributed by atoms with E-state index in [0.717, 1.165) is 19.3 Å². The quantitative estimate of drug-likeness (QED) is 0.826. The van der Waals surface area contributed by atoms with Crippen LogP contribution in [0.5, 0.6) is 5.75 Å². The Hall–Kier alpha value is -1.60. The van der Waals surface area contributed by atoms with Gasteiger partial charge in [0, 0.05) is 6.54 Å². The van der Waals surface area contributed by atoms with Gasteiger partial charge in [-0.25, -0.2) is 13.6 Å². The molecule has 1 aromatic rings. The second-order valence-electron chi connectivity index (χ2n) is 5.44. The molecule has 0 bridgehead atoms. The molecule has 1 fully saturated rings. The van der Waals surface area contributed by atoms with Crippen LogP contribution < -0.4 is 15.2 Å². The van der Waals surface area contributed by atoms with Crippen LogP contribution in [0.15, 0.2) is 23.1 Å². The zero-order valence-electron chi connectivity index (χ0n) is 12.2. The summed E-state index contributed by atoms with van der Waals surface area (Å²) in [7, 11) is -2.43. The van der Waals surface area contributed by atoms with Crippen LogP contribution in [0.3, 0.4) is 0 Å². The highest BCUT2D eigenvalue weighted by atomic mass is 32.2. The summed E-state index contributed by atoms with van der Waals surface area (Å²) in [5.41, 5.74) is 0.386. The van der Waals surface area contributed by atoms with Crippen molar-refractivity contribution in [3.05, 3.63) is 23.8 Å². The summed E-state index contributed by atoms with van der Waals surface area (Å²) in [5.74, 6) is -0.0293. The normalized spacial score (nSPS) is 16.3. The van der Waals surface area contributed by atoms with Gasteiger partial charge in [0.1, 0.15) is 5.75 Å². The number of nitrogens with one attached hydrogen (secondary N) is 1. The van der Waals surface area contributed by atoms with Crippen LogP contribution in [0.25, 0.3) is 0 Å². The molecule has 0 spiro atoms. The number of primary sulfonamides is 1. The molecule has 7 heteroatoms. The van der Waals surface area contributed by atoms with Gasteiger partial charge in [0.15, 0.2) is 0 Å². The predicted octanol–water partition coefficient (Wildman–Crippen LogP) is 1.26. The Kier molecular flexibility index (Phi) is 4.25. The fraction of sp³-hybridized carbons (Fsp3) is 0.500. The first-order valence-electron chi connectivity index (χ1n) is 6.80. The van der Waals surface area contributed by atoms with Crippen molar-refractivity contribution in [3.63, 3.8) is 0 Å². The smallest absolute Gasteiger partial charge is 0.255 e. The summed E-state index contributed by atoms with van der Waals surface area (Å²) in [6, 6.07) is 4.00. The molecule has 1 aliphatic carbocycles. The van der Waals surface area contributed by atoms with Gasteiger partial charge in [0.05, 0.1) is 17.6 Å². The van der Waals surface area contributed by atoms with E-state index >= 15 is 0 Å². The van der Waals surface area contributed by atoms with Crippen molar-refractivity contribution in [1.29, 1.82) is 0 Å². The SMILES string of the molecule is CCC1(CNC(=O)c2cc(S(N)(=O)=O)ccc2OC)CC1. The average Bonchev–Trinajstić information content (AvgIpc) is 3.23. The number of hydrogen-bond donors (Lipinski definition) is 2. The van der Waals surface area contributed by atoms with Gasteiger partial charge in [0.25, 0.3) is 5.91 Å². The number of carbonyl (C=O) groups excluding carboxylic acids is 1. The molecule has 0 atom stereocenters. The van der Waals surface area contributed by atoms with Crippen molar-refractivity contribution in [2.24, 2.45) is 10.6 Å². The second kappa shape index (κ2) is 5.65. The third-order valence-corrected chi connectivity index (χ3v) is 4.99. The van der Waals surface area contributed by atoms with Gasteiger partial charge in [-0.1, -0.05) is 6.92 Å². The lowest BCUT2D eigenvalue weighted by Crippen LogP contribution is -2.30. The van der Waals surface area contributed by atoms with E-state index in [0.29, 0.717) is 12.3 Å². The first-order valence-corrected chi connectivity index (χ1v) is 8.35. The molecule has 1 amide bonds. The molecule has 1 saturated carbocycles. The van der Waals surface area contributed by atoms with Crippen LogP contribution in [0, 0.1) is 5.41 Å². The molecule has 116 valence electrons. The highest BCUT2D eigenvalue weighted by molar-refractivity contribution is 7.89. The molecule has 2 rings (SSSR count). The number of benzene rings is 1. The number of ether oxygens (including phenoxy) is 1. The largest absolute Gasteiger partial charge is 0.496 e. The van der Waals surface area contributed by atoms with Crippen molar-refractivity contribution >= 4 is 15.9 Å². The van der Waals surface area contributed by atoms with Crippen LogP contribution in [-0.4, -0.2) is 28.0 Å². The summed E-state index contributed by atoms with van der Waals surface area (Å²) in [6.45, 7) is 2.69. The van der Waals surface area contributed by atoms with Crippen molar-refractivity contribution in [2.75, 3.05) is 13.7 Å². The molecule has 0 heterocycles. The third-order valence-electron chi connectivity index (χ3n) is 4.08. The van der Waals surface area contributed by atoms with E-state index in [2.05, 4.69) is 12.2 Å². The Morgan fingerprint density at radius 3 is 2.57 bits per heavy atom. The Balaban J connectivity index is 2.22. The van der Waals surface area contributed by atoms with E-state index < -0.39 is 10.0 Å². The average molecular weight is 312 g/mol. The Morgan fingerprint density at radius 1 is 1.43 bits per heavy atom. The maximum absolute atomic E-state index is 12.3. The number of nitrogens with two attached hydrogens (primary N) is 1. The fourth-order valence-electron chi connectivity index (χ4n) is 2.24. The van der Waals surface area contributed by atoms with E-state index in [1.807, 2.05) is 0 Å². The number of carbonyl (C=O) groups is 1. The molecule has 0 unspecified atom stereocenters. The van der Waals surface area contributed by atoms with Gasteiger partial charge in [-0.2, -0.15) is 0 Å². The van der Waals surface area contributed by atoms with Crippen LogP contribution in [-0.2, 0) is 10.0 Å². The summed E-state index contributed by atoms with van der Waals surface area (Å²) in [4.78, 5) is 12.2. The van der Waals surface area contributed by atoms with Crippen molar-refractivity contribution in [3.8, 4) is 5.75 Å². The highest BCUT2D eigenvalue weighted by Crippen LogP contribution is 2.47. The molecular weight excluding hydrogens is 292 g/mol. The summed E-state index contributed by atoms with van der Waals surface area (Å²) in [5, 5.41) is 7.94. The zero-order chi connectivity index (χ0) is 15.7. The Bertz CT molecular complexity index is 651. The zero-order valence-corrected chi connectivity index (χ0v) is 13.0. The van der Waals surface area contributed by atoms with E-state index in [1.165, 1.54) is 25.3 Å². The van der Waals surface area contributed by atoms with Crippen molar-refractivity contribution < 1.29 is 17.9 Å². The lowest BCUT2D eigenvalue weighted by Gasteiger charge is -2.15. The van der Waals surface area contributed by atoms with Crippen LogP contribution in [0.1, 0.15) is 36.5 Å². The minimum Gasteiger partial charge on any atom is -0.496 e. The molecular formula is C14H20N2O4S. The van der Waals surface area contributed by atoms with Gasteiger partial charge in [-0.3, -0.25) is 4.79 Å². The number of rotatable bonds is 6. The van der Waals surface area contributed by atoms with Crippen molar-refractivity contribution in [2.45, 2.75) is 31.1 Å². The molecule has 0 saturated heterocycles. The van der Waals surface area contributed by atoms with Gasteiger partial charge >= 0.3 is 0 Å². The number of amides is 1. The minimum absolute atomic E-state index is 0.106. The van der Waals surface area contributed by atoms with Gasteiger partial charge in [-0.05, 0) is 42.9 Å². The molecule has 6 nitrogen and oxygen atoms in total. The standard InChI is InChI=1S/C14H20N2O4S/c1-3-14(6-7-14)9-16-13(17)11-8-10(21(15,18)19)4-5-12(11)20-2/h4-5,8H,3,6-7,9H2,1-2H3,(H,16,17)(H2,15,18,19). The predicted molar refractivity (Wildman–Crippen MR) is 78.7 cm³/mol.